The standard InChI is InChI=1S/C12H13BrClFO3/c1-6(3-12(17)18)2-11(16)7-4-9(14)8(13)5-10(7)15/h4-6,11,16H,2-3H2,1H3,(H,17,18). The van der Waals surface area contributed by atoms with Gasteiger partial charge in [0.05, 0.1) is 11.1 Å². The summed E-state index contributed by atoms with van der Waals surface area (Å²) in [7, 11) is 0. The van der Waals surface area contributed by atoms with Crippen LogP contribution in [-0.4, -0.2) is 16.2 Å². The van der Waals surface area contributed by atoms with Crippen LogP contribution in [0.5, 0.6) is 0 Å². The zero-order valence-corrected chi connectivity index (χ0v) is 12.0. The summed E-state index contributed by atoms with van der Waals surface area (Å²) < 4.78 is 14.0. The molecule has 3 nitrogen and oxygen atoms in total. The predicted molar refractivity (Wildman–Crippen MR) is 70.1 cm³/mol. The van der Waals surface area contributed by atoms with Gasteiger partial charge < -0.3 is 10.2 Å². The summed E-state index contributed by atoms with van der Waals surface area (Å²) in [5.74, 6) is -1.76. The molecule has 0 spiro atoms. The highest BCUT2D eigenvalue weighted by Crippen LogP contribution is 2.31. The second-order valence-corrected chi connectivity index (χ2v) is 5.50. The maximum Gasteiger partial charge on any atom is 0.303 e. The number of hydrogen-bond donors (Lipinski definition) is 2. The van der Waals surface area contributed by atoms with Gasteiger partial charge in [-0.3, -0.25) is 4.79 Å². The summed E-state index contributed by atoms with van der Waals surface area (Å²) in [6.07, 6.45) is -0.964. The summed E-state index contributed by atoms with van der Waals surface area (Å²) in [6.45, 7) is 1.69. The van der Waals surface area contributed by atoms with Gasteiger partial charge in [-0.1, -0.05) is 18.5 Å². The summed E-state index contributed by atoms with van der Waals surface area (Å²) in [5.41, 5.74) is 0.0837. The normalized spacial score (nSPS) is 14.3. The first-order chi connectivity index (χ1) is 8.31. The maximum absolute atomic E-state index is 13.6. The monoisotopic (exact) mass is 338 g/mol. The number of aliphatic carboxylic acids is 1. The van der Waals surface area contributed by atoms with Crippen LogP contribution in [0.1, 0.15) is 31.4 Å². The van der Waals surface area contributed by atoms with Crippen LogP contribution < -0.4 is 0 Å². The second kappa shape index (κ2) is 6.50. The third kappa shape index (κ3) is 4.23. The molecule has 0 aliphatic carbocycles. The van der Waals surface area contributed by atoms with Gasteiger partial charge in [-0.05, 0) is 40.4 Å². The third-order valence-corrected chi connectivity index (χ3v) is 3.74. The molecule has 2 unspecified atom stereocenters. The first kappa shape index (κ1) is 15.4. The Balaban J connectivity index is 2.81. The van der Waals surface area contributed by atoms with E-state index in [1.807, 2.05) is 0 Å². The first-order valence-electron chi connectivity index (χ1n) is 5.35. The van der Waals surface area contributed by atoms with E-state index >= 15 is 0 Å². The Bertz CT molecular complexity index is 453. The van der Waals surface area contributed by atoms with Gasteiger partial charge in [-0.2, -0.15) is 0 Å². The highest BCUT2D eigenvalue weighted by atomic mass is 79.9. The molecule has 100 valence electrons. The van der Waals surface area contributed by atoms with E-state index in [9.17, 15) is 14.3 Å². The van der Waals surface area contributed by atoms with Gasteiger partial charge in [0.15, 0.2) is 0 Å². The molecule has 18 heavy (non-hydrogen) atoms. The molecule has 1 aromatic carbocycles. The van der Waals surface area contributed by atoms with Gasteiger partial charge >= 0.3 is 5.97 Å². The van der Waals surface area contributed by atoms with Crippen molar-refractivity contribution in [3.8, 4) is 0 Å². The van der Waals surface area contributed by atoms with Crippen molar-refractivity contribution in [1.29, 1.82) is 0 Å². The van der Waals surface area contributed by atoms with E-state index in [2.05, 4.69) is 15.9 Å². The lowest BCUT2D eigenvalue weighted by molar-refractivity contribution is -0.138. The van der Waals surface area contributed by atoms with Crippen molar-refractivity contribution >= 4 is 33.5 Å². The Morgan fingerprint density at radius 3 is 2.72 bits per heavy atom. The van der Waals surface area contributed by atoms with Gasteiger partial charge in [-0.15, -0.1) is 0 Å². The predicted octanol–water partition coefficient (Wildman–Crippen LogP) is 3.78. The first-order valence-corrected chi connectivity index (χ1v) is 6.52. The SMILES string of the molecule is CC(CC(=O)O)CC(O)c1cc(Cl)c(Br)cc1F. The summed E-state index contributed by atoms with van der Waals surface area (Å²) in [6, 6.07) is 2.53. The van der Waals surface area contributed by atoms with E-state index in [4.69, 9.17) is 16.7 Å². The molecule has 0 radical (unpaired) electrons. The smallest absolute Gasteiger partial charge is 0.303 e. The minimum absolute atomic E-state index is 0.0665. The molecule has 0 aliphatic heterocycles. The van der Waals surface area contributed by atoms with Gasteiger partial charge in [-0.25, -0.2) is 4.39 Å². The number of carboxylic acid groups (broad SMARTS) is 1. The van der Waals surface area contributed by atoms with Crippen LogP contribution >= 0.6 is 27.5 Å². The zero-order valence-electron chi connectivity index (χ0n) is 9.66. The molecule has 0 amide bonds. The molecule has 6 heteroatoms. The van der Waals surface area contributed by atoms with Crippen LogP contribution in [0.25, 0.3) is 0 Å². The summed E-state index contributed by atoms with van der Waals surface area (Å²) in [4.78, 5) is 10.5. The molecule has 1 aromatic rings. The zero-order chi connectivity index (χ0) is 13.9. The van der Waals surface area contributed by atoms with Crippen LogP contribution in [0.3, 0.4) is 0 Å². The molecule has 0 saturated carbocycles. The number of carbonyl (C=O) groups is 1. The van der Waals surface area contributed by atoms with Crippen molar-refractivity contribution in [3.63, 3.8) is 0 Å². The van der Waals surface area contributed by atoms with Crippen LogP contribution in [-0.2, 0) is 4.79 Å². The molecule has 0 heterocycles. The molecule has 0 aliphatic rings. The quantitative estimate of drug-likeness (QED) is 0.803. The maximum atomic E-state index is 13.6. The molecule has 2 atom stereocenters. The minimum atomic E-state index is -1.06. The second-order valence-electron chi connectivity index (χ2n) is 4.24. The van der Waals surface area contributed by atoms with Crippen molar-refractivity contribution in [2.45, 2.75) is 25.9 Å². The topological polar surface area (TPSA) is 57.5 Å². The molecule has 0 fully saturated rings. The number of rotatable bonds is 5. The van der Waals surface area contributed by atoms with Crippen molar-refractivity contribution in [3.05, 3.63) is 33.0 Å². The summed E-state index contributed by atoms with van der Waals surface area (Å²) in [5, 5.41) is 18.8. The number of aliphatic hydroxyl groups is 1. The number of carboxylic acids is 1. The van der Waals surface area contributed by atoms with E-state index < -0.39 is 17.9 Å². The van der Waals surface area contributed by atoms with E-state index in [1.54, 1.807) is 6.92 Å². The van der Waals surface area contributed by atoms with Crippen LogP contribution in [0.2, 0.25) is 5.02 Å². The molecular formula is C12H13BrClFO3. The van der Waals surface area contributed by atoms with Crippen LogP contribution in [0.4, 0.5) is 4.39 Å². The number of hydrogen-bond acceptors (Lipinski definition) is 2. The number of benzene rings is 1. The Kier molecular flexibility index (Phi) is 5.56. The van der Waals surface area contributed by atoms with Crippen LogP contribution in [0.15, 0.2) is 16.6 Å². The lowest BCUT2D eigenvalue weighted by atomic mass is 9.95. The molecule has 0 saturated heterocycles. The molecule has 0 aromatic heterocycles. The number of halogens is 3. The van der Waals surface area contributed by atoms with E-state index in [0.717, 1.165) is 0 Å². The molecule has 0 bridgehead atoms. The average Bonchev–Trinajstić information content (AvgIpc) is 2.21. The van der Waals surface area contributed by atoms with E-state index in [1.165, 1.54) is 12.1 Å². The lowest BCUT2D eigenvalue weighted by Gasteiger charge is -2.16. The molecule has 1 rings (SSSR count). The highest BCUT2D eigenvalue weighted by Gasteiger charge is 2.19. The Labute approximate surface area is 118 Å². The largest absolute Gasteiger partial charge is 0.481 e. The average molecular weight is 340 g/mol. The molecule has 2 N–H and O–H groups in total. The van der Waals surface area contributed by atoms with Crippen molar-refractivity contribution in [1.82, 2.24) is 0 Å². The van der Waals surface area contributed by atoms with Crippen molar-refractivity contribution in [2.75, 3.05) is 0 Å². The third-order valence-electron chi connectivity index (χ3n) is 2.55. The Morgan fingerprint density at radius 1 is 1.56 bits per heavy atom. The fourth-order valence-electron chi connectivity index (χ4n) is 1.68. The fraction of sp³-hybridized carbons (Fsp3) is 0.417. The van der Waals surface area contributed by atoms with Crippen molar-refractivity contribution in [2.24, 2.45) is 5.92 Å². The van der Waals surface area contributed by atoms with E-state index in [-0.39, 0.29) is 24.3 Å². The Morgan fingerprint density at radius 2 is 2.17 bits per heavy atom. The fourth-order valence-corrected chi connectivity index (χ4v) is 2.17. The summed E-state index contributed by atoms with van der Waals surface area (Å²) >= 11 is 8.91. The lowest BCUT2D eigenvalue weighted by Crippen LogP contribution is -2.10. The van der Waals surface area contributed by atoms with Crippen molar-refractivity contribution < 1.29 is 19.4 Å². The highest BCUT2D eigenvalue weighted by molar-refractivity contribution is 9.10. The van der Waals surface area contributed by atoms with Crippen LogP contribution in [0, 0.1) is 11.7 Å². The van der Waals surface area contributed by atoms with Gasteiger partial charge in [0.25, 0.3) is 0 Å². The van der Waals surface area contributed by atoms with E-state index in [0.29, 0.717) is 9.50 Å². The van der Waals surface area contributed by atoms with Gasteiger partial charge in [0.1, 0.15) is 5.82 Å². The molecular weight excluding hydrogens is 326 g/mol. The minimum Gasteiger partial charge on any atom is -0.481 e. The number of aliphatic hydroxyl groups excluding tert-OH is 1. The Hall–Kier alpha value is -0.650. The van der Waals surface area contributed by atoms with Gasteiger partial charge in [0.2, 0.25) is 0 Å². The van der Waals surface area contributed by atoms with Gasteiger partial charge in [0, 0.05) is 16.5 Å².